The Morgan fingerprint density at radius 1 is 1.28 bits per heavy atom. The predicted molar refractivity (Wildman–Crippen MR) is 110 cm³/mol. The minimum atomic E-state index is -3.86. The molecule has 3 rings (SSSR count). The molecule has 0 unspecified atom stereocenters. The van der Waals surface area contributed by atoms with E-state index in [0.717, 1.165) is 5.56 Å². The molecule has 1 aliphatic rings. The standard InChI is InChI=1S/C20H24ClN3O4S/c1-13-11-24(12-14(2)28-13)29(26,27)19-9-16(6-7-18(19)21)20(25)23-15(3)17-5-4-8-22-10-17/h4-10,13-15H,11-12H2,1-3H3,(H,23,25)/t13-,14+,15-/m0/s1. The van der Waals surface area contributed by atoms with Crippen LogP contribution in [0.3, 0.4) is 0 Å². The quantitative estimate of drug-likeness (QED) is 0.776. The van der Waals surface area contributed by atoms with Crippen LogP contribution in [0.4, 0.5) is 0 Å². The molecule has 0 saturated carbocycles. The van der Waals surface area contributed by atoms with Gasteiger partial charge in [0.2, 0.25) is 10.0 Å². The number of ether oxygens (including phenoxy) is 1. The maximum Gasteiger partial charge on any atom is 0.251 e. The van der Waals surface area contributed by atoms with Gasteiger partial charge in [0.25, 0.3) is 5.91 Å². The minimum absolute atomic E-state index is 0.0775. The van der Waals surface area contributed by atoms with Crippen molar-refractivity contribution in [1.29, 1.82) is 0 Å². The lowest BCUT2D eigenvalue weighted by Crippen LogP contribution is -2.48. The van der Waals surface area contributed by atoms with Crippen LogP contribution in [0, 0.1) is 0 Å². The lowest BCUT2D eigenvalue weighted by Gasteiger charge is -2.34. The van der Waals surface area contributed by atoms with Crippen molar-refractivity contribution in [2.45, 2.75) is 43.9 Å². The minimum Gasteiger partial charge on any atom is -0.373 e. The number of benzene rings is 1. The predicted octanol–water partition coefficient (Wildman–Crippen LogP) is 3.02. The third-order valence-electron chi connectivity index (χ3n) is 4.73. The number of sulfonamides is 1. The van der Waals surface area contributed by atoms with Crippen LogP contribution in [0.15, 0.2) is 47.6 Å². The van der Waals surface area contributed by atoms with E-state index < -0.39 is 15.9 Å². The van der Waals surface area contributed by atoms with Crippen molar-refractivity contribution in [3.8, 4) is 0 Å². The fraction of sp³-hybridized carbons (Fsp3) is 0.400. The zero-order chi connectivity index (χ0) is 21.2. The van der Waals surface area contributed by atoms with Gasteiger partial charge < -0.3 is 10.1 Å². The molecule has 0 aliphatic carbocycles. The van der Waals surface area contributed by atoms with Gasteiger partial charge in [-0.3, -0.25) is 9.78 Å². The first-order valence-electron chi connectivity index (χ1n) is 9.34. The Bertz CT molecular complexity index is 974. The molecule has 1 aromatic carbocycles. The molecule has 156 valence electrons. The van der Waals surface area contributed by atoms with E-state index >= 15 is 0 Å². The Morgan fingerprint density at radius 3 is 2.59 bits per heavy atom. The summed E-state index contributed by atoms with van der Waals surface area (Å²) in [5.74, 6) is -0.391. The zero-order valence-electron chi connectivity index (χ0n) is 16.5. The second-order valence-electron chi connectivity index (χ2n) is 7.21. The summed E-state index contributed by atoms with van der Waals surface area (Å²) >= 11 is 6.20. The number of aromatic nitrogens is 1. The van der Waals surface area contributed by atoms with Gasteiger partial charge in [-0.2, -0.15) is 4.31 Å². The van der Waals surface area contributed by atoms with Crippen LogP contribution >= 0.6 is 11.6 Å². The molecule has 0 radical (unpaired) electrons. The average molecular weight is 438 g/mol. The number of morpholine rings is 1. The zero-order valence-corrected chi connectivity index (χ0v) is 18.1. The van der Waals surface area contributed by atoms with Crippen molar-refractivity contribution in [2.75, 3.05) is 13.1 Å². The summed E-state index contributed by atoms with van der Waals surface area (Å²) in [6.45, 7) is 5.95. The fourth-order valence-corrected chi connectivity index (χ4v) is 5.39. The van der Waals surface area contributed by atoms with E-state index in [4.69, 9.17) is 16.3 Å². The molecule has 9 heteroatoms. The van der Waals surface area contributed by atoms with Crippen LogP contribution in [-0.4, -0.2) is 48.9 Å². The first-order chi connectivity index (χ1) is 13.7. The van der Waals surface area contributed by atoms with Gasteiger partial charge in [-0.25, -0.2) is 8.42 Å². The van der Waals surface area contributed by atoms with Gasteiger partial charge in [-0.05, 0) is 50.6 Å². The Morgan fingerprint density at radius 2 is 1.97 bits per heavy atom. The van der Waals surface area contributed by atoms with E-state index in [1.807, 2.05) is 26.8 Å². The Kier molecular flexibility index (Phi) is 6.58. The van der Waals surface area contributed by atoms with Crippen LogP contribution in [0.1, 0.15) is 42.7 Å². The van der Waals surface area contributed by atoms with Crippen LogP contribution in [0.2, 0.25) is 5.02 Å². The average Bonchev–Trinajstić information content (AvgIpc) is 2.68. The number of amides is 1. The maximum atomic E-state index is 13.2. The molecular weight excluding hydrogens is 414 g/mol. The molecular formula is C20H24ClN3O4S. The Hall–Kier alpha value is -2.00. The third-order valence-corrected chi connectivity index (χ3v) is 7.04. The summed E-state index contributed by atoms with van der Waals surface area (Å²) in [5, 5.41) is 2.93. The summed E-state index contributed by atoms with van der Waals surface area (Å²) in [6, 6.07) is 7.63. The SMILES string of the molecule is C[C@@H]1CN(S(=O)(=O)c2cc(C(=O)N[C@@H](C)c3cccnc3)ccc2Cl)C[C@H](C)O1. The molecule has 2 aromatic rings. The van der Waals surface area contributed by atoms with Gasteiger partial charge in [0.15, 0.2) is 0 Å². The highest BCUT2D eigenvalue weighted by Crippen LogP contribution is 2.28. The monoisotopic (exact) mass is 437 g/mol. The van der Waals surface area contributed by atoms with Crippen molar-refractivity contribution in [3.63, 3.8) is 0 Å². The van der Waals surface area contributed by atoms with Crippen molar-refractivity contribution < 1.29 is 17.9 Å². The fourth-order valence-electron chi connectivity index (χ4n) is 3.30. The Labute approximate surface area is 176 Å². The van der Waals surface area contributed by atoms with E-state index in [2.05, 4.69) is 10.3 Å². The molecule has 1 saturated heterocycles. The van der Waals surface area contributed by atoms with Gasteiger partial charge in [-0.1, -0.05) is 17.7 Å². The topological polar surface area (TPSA) is 88.6 Å². The molecule has 1 N–H and O–H groups in total. The van der Waals surface area contributed by atoms with E-state index in [1.54, 1.807) is 18.5 Å². The maximum absolute atomic E-state index is 13.2. The highest BCUT2D eigenvalue weighted by atomic mass is 35.5. The van der Waals surface area contributed by atoms with E-state index in [0.29, 0.717) is 0 Å². The molecule has 0 spiro atoms. The number of pyridine rings is 1. The largest absolute Gasteiger partial charge is 0.373 e. The van der Waals surface area contributed by atoms with Gasteiger partial charge in [0, 0.05) is 31.0 Å². The number of carbonyl (C=O) groups excluding carboxylic acids is 1. The van der Waals surface area contributed by atoms with Crippen LogP contribution < -0.4 is 5.32 Å². The molecule has 29 heavy (non-hydrogen) atoms. The van der Waals surface area contributed by atoms with Crippen molar-refractivity contribution in [3.05, 3.63) is 58.9 Å². The first kappa shape index (κ1) is 21.7. The van der Waals surface area contributed by atoms with Crippen LogP contribution in [0.25, 0.3) is 0 Å². The molecule has 7 nitrogen and oxygen atoms in total. The van der Waals surface area contributed by atoms with Crippen LogP contribution in [0.5, 0.6) is 0 Å². The number of hydrogen-bond donors (Lipinski definition) is 1. The second kappa shape index (κ2) is 8.79. The van der Waals surface area contributed by atoms with Gasteiger partial charge in [0.05, 0.1) is 23.3 Å². The van der Waals surface area contributed by atoms with Crippen molar-refractivity contribution in [1.82, 2.24) is 14.6 Å². The van der Waals surface area contributed by atoms with E-state index in [-0.39, 0.29) is 46.8 Å². The molecule has 0 bridgehead atoms. The summed E-state index contributed by atoms with van der Waals surface area (Å²) in [6.07, 6.45) is 2.88. The van der Waals surface area contributed by atoms with Gasteiger partial charge in [-0.15, -0.1) is 0 Å². The molecule has 1 aliphatic heterocycles. The van der Waals surface area contributed by atoms with E-state index in [9.17, 15) is 13.2 Å². The van der Waals surface area contributed by atoms with Crippen molar-refractivity contribution in [2.24, 2.45) is 0 Å². The lowest BCUT2D eigenvalue weighted by atomic mass is 10.1. The summed E-state index contributed by atoms with van der Waals surface area (Å²) < 4.78 is 33.3. The summed E-state index contributed by atoms with van der Waals surface area (Å²) in [4.78, 5) is 16.7. The van der Waals surface area contributed by atoms with Gasteiger partial charge >= 0.3 is 0 Å². The normalized spacial score (nSPS) is 21.5. The summed E-state index contributed by atoms with van der Waals surface area (Å²) in [5.41, 5.74) is 1.07. The number of halogens is 1. The van der Waals surface area contributed by atoms with Gasteiger partial charge in [0.1, 0.15) is 4.90 Å². The number of rotatable bonds is 5. The van der Waals surface area contributed by atoms with Crippen molar-refractivity contribution >= 4 is 27.5 Å². The summed E-state index contributed by atoms with van der Waals surface area (Å²) in [7, 11) is -3.86. The highest BCUT2D eigenvalue weighted by molar-refractivity contribution is 7.89. The second-order valence-corrected chi connectivity index (χ2v) is 9.52. The number of nitrogens with zero attached hydrogens (tertiary/aromatic N) is 2. The number of hydrogen-bond acceptors (Lipinski definition) is 5. The highest BCUT2D eigenvalue weighted by Gasteiger charge is 2.34. The number of carbonyl (C=O) groups is 1. The van der Waals surface area contributed by atoms with E-state index in [1.165, 1.54) is 22.5 Å². The molecule has 2 heterocycles. The molecule has 1 amide bonds. The van der Waals surface area contributed by atoms with Crippen LogP contribution in [-0.2, 0) is 14.8 Å². The first-order valence-corrected chi connectivity index (χ1v) is 11.2. The molecule has 1 aromatic heterocycles. The Balaban J connectivity index is 1.85. The molecule has 3 atom stereocenters. The third kappa shape index (κ3) is 4.95. The smallest absolute Gasteiger partial charge is 0.251 e. The number of nitrogens with one attached hydrogen (secondary N) is 1. The lowest BCUT2D eigenvalue weighted by molar-refractivity contribution is -0.0440. The molecule has 1 fully saturated rings.